The monoisotopic (exact) mass is 272 g/mol. The maximum absolute atomic E-state index is 13.3. The number of carboxylic acids is 1. The number of carbonyl (C=O) groups is 2. The first kappa shape index (κ1) is 15.0. The maximum atomic E-state index is 13.3. The maximum Gasteiger partial charge on any atom is 0.317 e. The minimum Gasteiger partial charge on any atom is -0.480 e. The molecule has 1 rings (SSSR count). The van der Waals surface area contributed by atoms with Crippen molar-refractivity contribution in [3.63, 3.8) is 0 Å². The van der Waals surface area contributed by atoms with Crippen molar-refractivity contribution in [3.8, 4) is 0 Å². The van der Waals surface area contributed by atoms with E-state index in [1.165, 1.54) is 4.90 Å². The number of rotatable bonds is 6. The second kappa shape index (κ2) is 6.79. The fourth-order valence-electron chi connectivity index (χ4n) is 1.46. The largest absolute Gasteiger partial charge is 0.480 e. The first-order chi connectivity index (χ1) is 8.92. The highest BCUT2D eigenvalue weighted by atomic mass is 19.1. The van der Waals surface area contributed by atoms with E-state index in [-0.39, 0.29) is 18.8 Å². The van der Waals surface area contributed by atoms with Crippen LogP contribution in [0.2, 0.25) is 0 Å². The molecule has 7 heteroatoms. The quantitative estimate of drug-likeness (QED) is 0.819. The molecule has 5 nitrogen and oxygen atoms in total. The Kier molecular flexibility index (Phi) is 5.37. The molecule has 0 aliphatic rings. The van der Waals surface area contributed by atoms with E-state index in [1.807, 2.05) is 0 Å². The lowest BCUT2D eigenvalue weighted by atomic mass is 10.3. The molecule has 0 aliphatic heterocycles. The van der Waals surface area contributed by atoms with Crippen LogP contribution in [0.3, 0.4) is 0 Å². The number of carboxylic acid groups (broad SMARTS) is 1. The molecule has 0 saturated heterocycles. The van der Waals surface area contributed by atoms with Gasteiger partial charge in [0.2, 0.25) is 5.91 Å². The van der Waals surface area contributed by atoms with Crippen LogP contribution in [0.1, 0.15) is 6.92 Å². The van der Waals surface area contributed by atoms with Crippen molar-refractivity contribution >= 4 is 17.6 Å². The standard InChI is InChI=1S/C12H14F2N2O3/c1-2-16(7-12(18)19)6-11(17)15-10-5-8(13)3-4-9(10)14/h3-5H,2,6-7H2,1H3,(H,15,17)(H,18,19). The summed E-state index contributed by atoms with van der Waals surface area (Å²) in [6, 6.07) is 2.70. The molecule has 0 saturated carbocycles. The highest BCUT2D eigenvalue weighted by Crippen LogP contribution is 2.15. The van der Waals surface area contributed by atoms with Gasteiger partial charge in [-0.2, -0.15) is 0 Å². The molecule has 0 unspecified atom stereocenters. The van der Waals surface area contributed by atoms with Crippen LogP contribution in [0.4, 0.5) is 14.5 Å². The van der Waals surface area contributed by atoms with E-state index < -0.39 is 23.5 Å². The summed E-state index contributed by atoms with van der Waals surface area (Å²) in [4.78, 5) is 23.5. The van der Waals surface area contributed by atoms with Gasteiger partial charge in [0.15, 0.2) is 0 Å². The average molecular weight is 272 g/mol. The van der Waals surface area contributed by atoms with Crippen LogP contribution in [-0.4, -0.2) is 41.5 Å². The Morgan fingerprint density at radius 3 is 2.58 bits per heavy atom. The Hall–Kier alpha value is -2.02. The summed E-state index contributed by atoms with van der Waals surface area (Å²) in [7, 11) is 0. The molecule has 1 aromatic carbocycles. The molecule has 0 atom stereocenters. The molecule has 1 amide bonds. The van der Waals surface area contributed by atoms with Gasteiger partial charge in [0.05, 0.1) is 18.8 Å². The Labute approximate surface area is 108 Å². The van der Waals surface area contributed by atoms with Gasteiger partial charge in [0, 0.05) is 6.07 Å². The van der Waals surface area contributed by atoms with Crippen LogP contribution in [-0.2, 0) is 9.59 Å². The molecule has 0 aliphatic carbocycles. The van der Waals surface area contributed by atoms with Gasteiger partial charge < -0.3 is 10.4 Å². The highest BCUT2D eigenvalue weighted by molar-refractivity contribution is 5.92. The molecule has 0 bridgehead atoms. The summed E-state index contributed by atoms with van der Waals surface area (Å²) in [5.41, 5.74) is -0.267. The third kappa shape index (κ3) is 5.01. The van der Waals surface area contributed by atoms with Crippen molar-refractivity contribution in [3.05, 3.63) is 29.8 Å². The lowest BCUT2D eigenvalue weighted by molar-refractivity contribution is -0.138. The van der Waals surface area contributed by atoms with Crippen molar-refractivity contribution in [1.29, 1.82) is 0 Å². The predicted octanol–water partition coefficient (Wildman–Crippen LogP) is 1.31. The van der Waals surface area contributed by atoms with Crippen LogP contribution >= 0.6 is 0 Å². The lowest BCUT2D eigenvalue weighted by Crippen LogP contribution is -2.36. The molecule has 104 valence electrons. The Morgan fingerprint density at radius 1 is 1.32 bits per heavy atom. The van der Waals surface area contributed by atoms with E-state index in [4.69, 9.17) is 5.11 Å². The normalized spacial score (nSPS) is 10.5. The van der Waals surface area contributed by atoms with Crippen LogP contribution in [0.25, 0.3) is 0 Å². The number of nitrogens with zero attached hydrogens (tertiary/aromatic N) is 1. The van der Waals surface area contributed by atoms with Crippen LogP contribution in [0, 0.1) is 11.6 Å². The molecule has 19 heavy (non-hydrogen) atoms. The number of benzene rings is 1. The average Bonchev–Trinajstić information content (AvgIpc) is 2.32. The summed E-state index contributed by atoms with van der Waals surface area (Å²) >= 11 is 0. The lowest BCUT2D eigenvalue weighted by Gasteiger charge is -2.17. The van der Waals surface area contributed by atoms with Gasteiger partial charge in [-0.3, -0.25) is 14.5 Å². The van der Waals surface area contributed by atoms with E-state index in [1.54, 1.807) is 6.92 Å². The molecule has 2 N–H and O–H groups in total. The summed E-state index contributed by atoms with van der Waals surface area (Å²) < 4.78 is 26.2. The molecular weight excluding hydrogens is 258 g/mol. The van der Waals surface area contributed by atoms with Gasteiger partial charge in [-0.15, -0.1) is 0 Å². The Bertz CT molecular complexity index is 480. The van der Waals surface area contributed by atoms with E-state index in [0.717, 1.165) is 18.2 Å². The summed E-state index contributed by atoms with van der Waals surface area (Å²) in [5, 5.41) is 10.8. The molecule has 0 aromatic heterocycles. The fourth-order valence-corrected chi connectivity index (χ4v) is 1.46. The summed E-state index contributed by atoms with van der Waals surface area (Å²) in [6.07, 6.45) is 0. The van der Waals surface area contributed by atoms with Crippen LogP contribution in [0.15, 0.2) is 18.2 Å². The Balaban J connectivity index is 2.63. The first-order valence-corrected chi connectivity index (χ1v) is 5.61. The number of likely N-dealkylation sites (N-methyl/N-ethyl adjacent to an activating group) is 1. The van der Waals surface area contributed by atoms with Crippen molar-refractivity contribution in [2.75, 3.05) is 25.0 Å². The number of hydrogen-bond donors (Lipinski definition) is 2. The van der Waals surface area contributed by atoms with Crippen LogP contribution < -0.4 is 5.32 Å². The minimum absolute atomic E-state index is 0.210. The summed E-state index contributed by atoms with van der Waals surface area (Å²) in [5.74, 6) is -3.09. The molecule has 0 spiro atoms. The molecular formula is C12H14F2N2O3. The number of anilines is 1. The minimum atomic E-state index is -1.06. The van der Waals surface area contributed by atoms with Crippen molar-refractivity contribution in [2.24, 2.45) is 0 Å². The topological polar surface area (TPSA) is 69.6 Å². The van der Waals surface area contributed by atoms with Crippen LogP contribution in [0.5, 0.6) is 0 Å². The fraction of sp³-hybridized carbons (Fsp3) is 0.333. The van der Waals surface area contributed by atoms with Gasteiger partial charge >= 0.3 is 5.97 Å². The molecule has 0 heterocycles. The molecule has 0 radical (unpaired) electrons. The third-order valence-electron chi connectivity index (χ3n) is 2.38. The van der Waals surface area contributed by atoms with E-state index in [2.05, 4.69) is 5.32 Å². The van der Waals surface area contributed by atoms with Crippen molar-refractivity contribution in [2.45, 2.75) is 6.92 Å². The SMILES string of the molecule is CCN(CC(=O)O)CC(=O)Nc1cc(F)ccc1F. The number of amides is 1. The number of hydrogen-bond acceptors (Lipinski definition) is 3. The van der Waals surface area contributed by atoms with Gasteiger partial charge in [-0.1, -0.05) is 6.92 Å². The second-order valence-corrected chi connectivity index (χ2v) is 3.87. The number of halogens is 2. The zero-order valence-electron chi connectivity index (χ0n) is 10.3. The van der Waals surface area contributed by atoms with Crippen molar-refractivity contribution < 1.29 is 23.5 Å². The van der Waals surface area contributed by atoms with Gasteiger partial charge in [-0.25, -0.2) is 8.78 Å². The third-order valence-corrected chi connectivity index (χ3v) is 2.38. The zero-order valence-corrected chi connectivity index (χ0v) is 10.3. The molecule has 1 aromatic rings. The second-order valence-electron chi connectivity index (χ2n) is 3.87. The number of aliphatic carboxylic acids is 1. The van der Waals surface area contributed by atoms with Gasteiger partial charge in [0.1, 0.15) is 11.6 Å². The molecule has 0 fully saturated rings. The Morgan fingerprint density at radius 2 is 2.00 bits per heavy atom. The summed E-state index contributed by atoms with van der Waals surface area (Å²) in [6.45, 7) is 1.54. The number of nitrogens with one attached hydrogen (secondary N) is 1. The number of carbonyl (C=O) groups excluding carboxylic acids is 1. The zero-order chi connectivity index (χ0) is 14.4. The highest BCUT2D eigenvalue weighted by Gasteiger charge is 2.14. The van der Waals surface area contributed by atoms with Gasteiger partial charge in [-0.05, 0) is 18.7 Å². The van der Waals surface area contributed by atoms with Crippen molar-refractivity contribution in [1.82, 2.24) is 4.90 Å². The van der Waals surface area contributed by atoms with E-state index in [9.17, 15) is 18.4 Å². The predicted molar refractivity (Wildman–Crippen MR) is 64.7 cm³/mol. The first-order valence-electron chi connectivity index (χ1n) is 5.61. The smallest absolute Gasteiger partial charge is 0.317 e. The van der Waals surface area contributed by atoms with E-state index >= 15 is 0 Å². The van der Waals surface area contributed by atoms with E-state index in [0.29, 0.717) is 6.54 Å². The van der Waals surface area contributed by atoms with Gasteiger partial charge in [0.25, 0.3) is 0 Å².